The molecule has 0 aliphatic carbocycles. The first kappa shape index (κ1) is 23.1. The standard InChI is InChI=1S/C25H22N2O6/c1-32-19-11-8-16(9-12-19)14-21(27-23(28)17-6-4-3-5-7-17)24(29)26-20-15-18(25(30)31)10-13-22(20)33-2/h3-15H,1-2H3,(H,26,29)(H,27,28)(H,30,31)/b21-14+. The zero-order valence-corrected chi connectivity index (χ0v) is 18.0. The van der Waals surface area contributed by atoms with Gasteiger partial charge in [0.1, 0.15) is 17.2 Å². The molecule has 0 spiro atoms. The molecule has 3 aromatic rings. The average Bonchev–Trinajstić information content (AvgIpc) is 2.84. The molecule has 3 rings (SSSR count). The minimum Gasteiger partial charge on any atom is -0.497 e. The molecule has 33 heavy (non-hydrogen) atoms. The summed E-state index contributed by atoms with van der Waals surface area (Å²) in [6.45, 7) is 0. The molecule has 0 aliphatic rings. The fourth-order valence-electron chi connectivity index (χ4n) is 2.94. The molecule has 0 aromatic heterocycles. The summed E-state index contributed by atoms with van der Waals surface area (Å²) in [4.78, 5) is 37.2. The Hall–Kier alpha value is -4.59. The third kappa shape index (κ3) is 5.98. The largest absolute Gasteiger partial charge is 0.497 e. The van der Waals surface area contributed by atoms with E-state index in [1.807, 2.05) is 0 Å². The second-order valence-corrected chi connectivity index (χ2v) is 6.83. The van der Waals surface area contributed by atoms with Crippen LogP contribution in [0.4, 0.5) is 5.69 Å². The Bertz CT molecular complexity index is 1190. The first-order valence-electron chi connectivity index (χ1n) is 9.86. The number of carboxylic acid groups (broad SMARTS) is 1. The minimum atomic E-state index is -1.15. The van der Waals surface area contributed by atoms with Gasteiger partial charge in [-0.25, -0.2) is 4.79 Å². The first-order valence-corrected chi connectivity index (χ1v) is 9.86. The number of hydrogen-bond donors (Lipinski definition) is 3. The van der Waals surface area contributed by atoms with Crippen molar-refractivity contribution in [2.45, 2.75) is 0 Å². The number of nitrogens with one attached hydrogen (secondary N) is 2. The molecule has 8 heteroatoms. The number of carbonyl (C=O) groups is 3. The molecule has 3 aromatic carbocycles. The van der Waals surface area contributed by atoms with Gasteiger partial charge in [0.05, 0.1) is 25.5 Å². The number of aromatic carboxylic acids is 1. The highest BCUT2D eigenvalue weighted by atomic mass is 16.5. The van der Waals surface area contributed by atoms with Crippen molar-refractivity contribution in [3.8, 4) is 11.5 Å². The Balaban J connectivity index is 1.95. The van der Waals surface area contributed by atoms with Gasteiger partial charge in [-0.1, -0.05) is 30.3 Å². The SMILES string of the molecule is COc1ccc(/C=C(/NC(=O)c2ccccc2)C(=O)Nc2cc(C(=O)O)ccc2OC)cc1. The van der Waals surface area contributed by atoms with Crippen LogP contribution in [0.1, 0.15) is 26.3 Å². The average molecular weight is 446 g/mol. The Kier molecular flexibility index (Phi) is 7.43. The number of anilines is 1. The van der Waals surface area contributed by atoms with Gasteiger partial charge in [0.15, 0.2) is 0 Å². The molecule has 0 atom stereocenters. The summed E-state index contributed by atoms with van der Waals surface area (Å²) < 4.78 is 10.4. The molecule has 0 radical (unpaired) electrons. The third-order valence-electron chi connectivity index (χ3n) is 4.65. The normalized spacial score (nSPS) is 10.8. The molecular weight excluding hydrogens is 424 g/mol. The highest BCUT2D eigenvalue weighted by molar-refractivity contribution is 6.11. The molecule has 0 bridgehead atoms. The number of ether oxygens (including phenoxy) is 2. The summed E-state index contributed by atoms with van der Waals surface area (Å²) in [5.74, 6) is -1.37. The summed E-state index contributed by atoms with van der Waals surface area (Å²) in [5.41, 5.74) is 1.09. The van der Waals surface area contributed by atoms with Crippen LogP contribution < -0.4 is 20.1 Å². The van der Waals surface area contributed by atoms with Gasteiger partial charge in [0.2, 0.25) is 0 Å². The van der Waals surface area contributed by atoms with Gasteiger partial charge in [0, 0.05) is 5.56 Å². The number of rotatable bonds is 8. The van der Waals surface area contributed by atoms with Crippen molar-refractivity contribution in [1.29, 1.82) is 0 Å². The van der Waals surface area contributed by atoms with Crippen molar-refractivity contribution in [2.75, 3.05) is 19.5 Å². The molecule has 0 saturated heterocycles. The lowest BCUT2D eigenvalue weighted by Crippen LogP contribution is -2.30. The fraction of sp³-hybridized carbons (Fsp3) is 0.0800. The number of benzene rings is 3. The van der Waals surface area contributed by atoms with Crippen LogP contribution in [0.15, 0.2) is 78.5 Å². The van der Waals surface area contributed by atoms with Crippen LogP contribution >= 0.6 is 0 Å². The highest BCUT2D eigenvalue weighted by Gasteiger charge is 2.18. The third-order valence-corrected chi connectivity index (χ3v) is 4.65. The molecule has 0 fully saturated rings. The van der Waals surface area contributed by atoms with Gasteiger partial charge in [-0.05, 0) is 54.1 Å². The van der Waals surface area contributed by atoms with Crippen LogP contribution in [0, 0.1) is 0 Å². The van der Waals surface area contributed by atoms with E-state index in [4.69, 9.17) is 9.47 Å². The van der Waals surface area contributed by atoms with Gasteiger partial charge >= 0.3 is 5.97 Å². The quantitative estimate of drug-likeness (QED) is 0.454. The van der Waals surface area contributed by atoms with E-state index in [0.717, 1.165) is 0 Å². The van der Waals surface area contributed by atoms with Crippen LogP contribution in [-0.4, -0.2) is 37.1 Å². The van der Waals surface area contributed by atoms with Crippen molar-refractivity contribution >= 4 is 29.5 Å². The highest BCUT2D eigenvalue weighted by Crippen LogP contribution is 2.26. The number of methoxy groups -OCH3 is 2. The maximum Gasteiger partial charge on any atom is 0.335 e. The van der Waals surface area contributed by atoms with E-state index >= 15 is 0 Å². The molecule has 0 unspecified atom stereocenters. The van der Waals surface area contributed by atoms with E-state index in [1.54, 1.807) is 61.7 Å². The molecule has 8 nitrogen and oxygen atoms in total. The van der Waals surface area contributed by atoms with Gasteiger partial charge in [-0.2, -0.15) is 0 Å². The van der Waals surface area contributed by atoms with E-state index in [2.05, 4.69) is 10.6 Å². The predicted molar refractivity (Wildman–Crippen MR) is 123 cm³/mol. The smallest absolute Gasteiger partial charge is 0.335 e. The maximum absolute atomic E-state index is 13.1. The monoisotopic (exact) mass is 446 g/mol. The van der Waals surface area contributed by atoms with Gasteiger partial charge in [-0.3, -0.25) is 9.59 Å². The number of carboxylic acids is 1. The van der Waals surface area contributed by atoms with Crippen molar-refractivity contribution in [2.24, 2.45) is 0 Å². The van der Waals surface area contributed by atoms with E-state index < -0.39 is 17.8 Å². The van der Waals surface area contributed by atoms with Crippen LogP contribution in [0.5, 0.6) is 11.5 Å². The van der Waals surface area contributed by atoms with Gasteiger partial charge in [-0.15, -0.1) is 0 Å². The second kappa shape index (κ2) is 10.6. The van der Waals surface area contributed by atoms with Crippen molar-refractivity contribution in [3.63, 3.8) is 0 Å². The number of amides is 2. The molecule has 168 valence electrons. The van der Waals surface area contributed by atoms with Crippen LogP contribution in [0.25, 0.3) is 6.08 Å². The lowest BCUT2D eigenvalue weighted by atomic mass is 10.1. The van der Waals surface area contributed by atoms with Crippen LogP contribution in [-0.2, 0) is 4.79 Å². The summed E-state index contributed by atoms with van der Waals surface area (Å²) >= 11 is 0. The molecule has 0 heterocycles. The fourth-order valence-corrected chi connectivity index (χ4v) is 2.94. The maximum atomic E-state index is 13.1. The Labute approximate surface area is 190 Å². The van der Waals surface area contributed by atoms with Crippen molar-refractivity contribution < 1.29 is 29.0 Å². The van der Waals surface area contributed by atoms with E-state index in [-0.39, 0.29) is 22.7 Å². The lowest BCUT2D eigenvalue weighted by Gasteiger charge is -2.14. The Morgan fingerprint density at radius 1 is 0.848 bits per heavy atom. The number of carbonyl (C=O) groups excluding carboxylic acids is 2. The van der Waals surface area contributed by atoms with E-state index in [0.29, 0.717) is 16.9 Å². The molecule has 2 amide bonds. The van der Waals surface area contributed by atoms with Crippen molar-refractivity contribution in [1.82, 2.24) is 5.32 Å². The molecule has 3 N–H and O–H groups in total. The predicted octanol–water partition coefficient (Wildman–Crippen LogP) is 3.81. The molecule has 0 aliphatic heterocycles. The lowest BCUT2D eigenvalue weighted by molar-refractivity contribution is -0.113. The summed E-state index contributed by atoms with van der Waals surface area (Å²) in [7, 11) is 2.94. The van der Waals surface area contributed by atoms with E-state index in [1.165, 1.54) is 31.4 Å². The zero-order chi connectivity index (χ0) is 23.8. The zero-order valence-electron chi connectivity index (χ0n) is 18.0. The first-order chi connectivity index (χ1) is 15.9. The Morgan fingerprint density at radius 2 is 1.55 bits per heavy atom. The van der Waals surface area contributed by atoms with Crippen molar-refractivity contribution in [3.05, 3.63) is 95.2 Å². The van der Waals surface area contributed by atoms with Crippen LogP contribution in [0.3, 0.4) is 0 Å². The van der Waals surface area contributed by atoms with Crippen LogP contribution in [0.2, 0.25) is 0 Å². The molecule has 0 saturated carbocycles. The Morgan fingerprint density at radius 3 is 2.15 bits per heavy atom. The minimum absolute atomic E-state index is 0.0277. The van der Waals surface area contributed by atoms with Gasteiger partial charge < -0.3 is 25.2 Å². The topological polar surface area (TPSA) is 114 Å². The molecular formula is C25H22N2O6. The second-order valence-electron chi connectivity index (χ2n) is 6.83. The van der Waals surface area contributed by atoms with E-state index in [9.17, 15) is 19.5 Å². The summed E-state index contributed by atoms with van der Waals surface area (Å²) in [5, 5.41) is 14.5. The van der Waals surface area contributed by atoms with Gasteiger partial charge in [0.25, 0.3) is 11.8 Å². The number of hydrogen-bond acceptors (Lipinski definition) is 5. The summed E-state index contributed by atoms with van der Waals surface area (Å²) in [6, 6.07) is 19.4. The summed E-state index contributed by atoms with van der Waals surface area (Å²) in [6.07, 6.45) is 1.50.